The van der Waals surface area contributed by atoms with Crippen LogP contribution in [0, 0.1) is 0 Å². The summed E-state index contributed by atoms with van der Waals surface area (Å²) in [6, 6.07) is 4.66. The number of hydrogen-bond acceptors (Lipinski definition) is 7. The number of hydrogen-bond donors (Lipinski definition) is 3. The van der Waals surface area contributed by atoms with Crippen LogP contribution in [0.2, 0.25) is 0 Å². The Kier molecular flexibility index (Phi) is 4.04. The summed E-state index contributed by atoms with van der Waals surface area (Å²) in [5, 5.41) is 8.98. The van der Waals surface area contributed by atoms with Crippen molar-refractivity contribution in [3.63, 3.8) is 0 Å². The zero-order valence-electron chi connectivity index (χ0n) is 15.1. The Balaban J connectivity index is 1.36. The Morgan fingerprint density at radius 1 is 1.18 bits per heavy atom. The largest absolute Gasteiger partial charge is 0.374 e. The Labute approximate surface area is 160 Å². The van der Waals surface area contributed by atoms with E-state index in [1.54, 1.807) is 12.1 Å². The number of ether oxygens (including phenoxy) is 1. The maximum absolute atomic E-state index is 13.0. The zero-order valence-corrected chi connectivity index (χ0v) is 15.1. The molecule has 5 rings (SSSR count). The van der Waals surface area contributed by atoms with E-state index in [2.05, 4.69) is 16.0 Å². The van der Waals surface area contributed by atoms with Gasteiger partial charge in [-0.25, -0.2) is 0 Å². The van der Waals surface area contributed by atoms with Crippen molar-refractivity contribution in [2.45, 2.75) is 43.6 Å². The van der Waals surface area contributed by atoms with Crippen molar-refractivity contribution in [1.82, 2.24) is 20.9 Å². The van der Waals surface area contributed by atoms with Gasteiger partial charge in [0.1, 0.15) is 6.04 Å². The molecular formula is C19H20N4O5. The molecule has 2 saturated heterocycles. The van der Waals surface area contributed by atoms with Crippen LogP contribution in [0.1, 0.15) is 39.1 Å². The first kappa shape index (κ1) is 17.5. The Bertz CT molecular complexity index is 888. The number of benzene rings is 1. The van der Waals surface area contributed by atoms with E-state index in [0.29, 0.717) is 29.8 Å². The van der Waals surface area contributed by atoms with Crippen LogP contribution >= 0.6 is 0 Å². The summed E-state index contributed by atoms with van der Waals surface area (Å²) < 4.78 is 5.67. The lowest BCUT2D eigenvalue weighted by Crippen LogP contribution is -2.54. The fourth-order valence-electron chi connectivity index (χ4n) is 4.36. The summed E-state index contributed by atoms with van der Waals surface area (Å²) in [5.74, 6) is -1.95. The molecule has 3 N–H and O–H groups in total. The third-order valence-corrected chi connectivity index (χ3v) is 5.83. The molecule has 3 heterocycles. The van der Waals surface area contributed by atoms with Crippen molar-refractivity contribution >= 4 is 23.6 Å². The topological polar surface area (TPSA) is 117 Å². The maximum atomic E-state index is 13.0. The Hall–Kier alpha value is -2.62. The molecule has 1 aliphatic carbocycles. The van der Waals surface area contributed by atoms with Crippen LogP contribution in [0.5, 0.6) is 0 Å². The van der Waals surface area contributed by atoms with E-state index in [-0.39, 0.29) is 36.9 Å². The number of piperidine rings is 1. The normalized spacial score (nSPS) is 31.5. The molecule has 4 atom stereocenters. The van der Waals surface area contributed by atoms with E-state index in [1.165, 1.54) is 0 Å². The van der Waals surface area contributed by atoms with Gasteiger partial charge in [0.25, 0.3) is 11.8 Å². The van der Waals surface area contributed by atoms with Gasteiger partial charge in [-0.15, -0.1) is 0 Å². The van der Waals surface area contributed by atoms with E-state index in [1.807, 2.05) is 6.07 Å². The molecule has 1 saturated carbocycles. The molecule has 9 heteroatoms. The maximum Gasteiger partial charge on any atom is 0.262 e. The lowest BCUT2D eigenvalue weighted by molar-refractivity contribution is -0.136. The number of carbonyl (C=O) groups excluding carboxylic acids is 4. The van der Waals surface area contributed by atoms with Gasteiger partial charge in [-0.05, 0) is 18.1 Å². The summed E-state index contributed by atoms with van der Waals surface area (Å²) in [5.41, 5.74) is 1.35. The summed E-state index contributed by atoms with van der Waals surface area (Å²) in [4.78, 5) is 50.4. The van der Waals surface area contributed by atoms with Crippen LogP contribution < -0.4 is 16.0 Å². The molecule has 0 bridgehead atoms. The predicted molar refractivity (Wildman–Crippen MR) is 95.3 cm³/mol. The van der Waals surface area contributed by atoms with E-state index < -0.39 is 23.8 Å². The standard InChI is InChI=1S/C19H20N4O5/c24-12-5-4-11(17(25)22-12)23-18(26)10-3-1-2-9(13(10)19(23)27)8-21-15-14-16(15)28-7-6-20-14/h1-3,11,14-16,20-21H,4-8H2,(H,22,24,25). The van der Waals surface area contributed by atoms with Gasteiger partial charge in [0.2, 0.25) is 11.8 Å². The molecule has 4 amide bonds. The minimum Gasteiger partial charge on any atom is -0.374 e. The highest BCUT2D eigenvalue weighted by Crippen LogP contribution is 2.32. The number of rotatable bonds is 4. The molecule has 0 radical (unpaired) electrons. The minimum atomic E-state index is -0.949. The van der Waals surface area contributed by atoms with Gasteiger partial charge in [0.15, 0.2) is 0 Å². The van der Waals surface area contributed by atoms with E-state index >= 15 is 0 Å². The average Bonchev–Trinajstić information content (AvgIpc) is 3.34. The van der Waals surface area contributed by atoms with Gasteiger partial charge in [-0.2, -0.15) is 0 Å². The first-order chi connectivity index (χ1) is 13.6. The van der Waals surface area contributed by atoms with Crippen molar-refractivity contribution < 1.29 is 23.9 Å². The van der Waals surface area contributed by atoms with Crippen molar-refractivity contribution in [1.29, 1.82) is 0 Å². The van der Waals surface area contributed by atoms with Crippen molar-refractivity contribution in [2.24, 2.45) is 0 Å². The second-order valence-corrected chi connectivity index (χ2v) is 7.51. The molecule has 0 spiro atoms. The Morgan fingerprint density at radius 3 is 2.79 bits per heavy atom. The molecule has 4 aliphatic rings. The van der Waals surface area contributed by atoms with Gasteiger partial charge < -0.3 is 15.4 Å². The number of nitrogens with zero attached hydrogens (tertiary/aromatic N) is 1. The van der Waals surface area contributed by atoms with Gasteiger partial charge in [0.05, 0.1) is 35.9 Å². The highest BCUT2D eigenvalue weighted by atomic mass is 16.5. The number of morpholine rings is 1. The molecule has 9 nitrogen and oxygen atoms in total. The summed E-state index contributed by atoms with van der Waals surface area (Å²) in [6.45, 7) is 1.94. The van der Waals surface area contributed by atoms with E-state index in [0.717, 1.165) is 11.4 Å². The smallest absolute Gasteiger partial charge is 0.262 e. The first-order valence-electron chi connectivity index (χ1n) is 9.48. The van der Waals surface area contributed by atoms with Crippen LogP contribution in [0.3, 0.4) is 0 Å². The third kappa shape index (κ3) is 2.66. The van der Waals surface area contributed by atoms with Crippen LogP contribution in [0.15, 0.2) is 18.2 Å². The molecule has 4 unspecified atom stereocenters. The summed E-state index contributed by atoms with van der Waals surface area (Å²) >= 11 is 0. The number of amides is 4. The van der Waals surface area contributed by atoms with Crippen molar-refractivity contribution in [3.05, 3.63) is 34.9 Å². The molecule has 1 aromatic rings. The molecule has 0 aromatic heterocycles. The predicted octanol–water partition coefficient (Wildman–Crippen LogP) is -1.08. The summed E-state index contributed by atoms with van der Waals surface area (Å²) in [6.07, 6.45) is 0.399. The molecule has 3 fully saturated rings. The van der Waals surface area contributed by atoms with Gasteiger partial charge >= 0.3 is 0 Å². The first-order valence-corrected chi connectivity index (χ1v) is 9.48. The number of imide groups is 2. The lowest BCUT2D eigenvalue weighted by Gasteiger charge is -2.27. The Morgan fingerprint density at radius 2 is 2.04 bits per heavy atom. The number of carbonyl (C=O) groups is 4. The number of nitrogens with one attached hydrogen (secondary N) is 3. The molecule has 146 valence electrons. The summed E-state index contributed by atoms with van der Waals surface area (Å²) in [7, 11) is 0. The quantitative estimate of drug-likeness (QED) is 0.565. The van der Waals surface area contributed by atoms with E-state index in [4.69, 9.17) is 4.74 Å². The van der Waals surface area contributed by atoms with Crippen LogP contribution in [0.4, 0.5) is 0 Å². The van der Waals surface area contributed by atoms with Gasteiger partial charge in [0, 0.05) is 19.5 Å². The SMILES string of the molecule is O=C1CCC(N2C(=O)c3cccc(CNC4C5NCCOC54)c3C2=O)C(=O)N1. The van der Waals surface area contributed by atoms with Crippen LogP contribution in [-0.4, -0.2) is 65.9 Å². The third-order valence-electron chi connectivity index (χ3n) is 5.83. The average molecular weight is 384 g/mol. The van der Waals surface area contributed by atoms with Gasteiger partial charge in [-0.1, -0.05) is 12.1 Å². The highest BCUT2D eigenvalue weighted by molar-refractivity contribution is 6.24. The van der Waals surface area contributed by atoms with Crippen molar-refractivity contribution in [2.75, 3.05) is 13.2 Å². The monoisotopic (exact) mass is 384 g/mol. The lowest BCUT2D eigenvalue weighted by atomic mass is 10.0. The molecule has 1 aromatic carbocycles. The van der Waals surface area contributed by atoms with Crippen LogP contribution in [-0.2, 0) is 20.9 Å². The fourth-order valence-corrected chi connectivity index (χ4v) is 4.36. The van der Waals surface area contributed by atoms with E-state index in [9.17, 15) is 19.2 Å². The fraction of sp³-hybridized carbons (Fsp3) is 0.474. The molecule has 28 heavy (non-hydrogen) atoms. The minimum absolute atomic E-state index is 0.107. The van der Waals surface area contributed by atoms with Crippen molar-refractivity contribution in [3.8, 4) is 0 Å². The second kappa shape index (κ2) is 6.47. The highest BCUT2D eigenvalue weighted by Gasteiger charge is 2.53. The second-order valence-electron chi connectivity index (χ2n) is 7.51. The molecule has 3 aliphatic heterocycles. The number of fused-ring (bicyclic) bond motifs is 2. The van der Waals surface area contributed by atoms with Crippen LogP contribution in [0.25, 0.3) is 0 Å². The molecular weight excluding hydrogens is 364 g/mol. The van der Waals surface area contributed by atoms with Gasteiger partial charge in [-0.3, -0.25) is 29.4 Å². The zero-order chi connectivity index (χ0) is 19.4.